The van der Waals surface area contributed by atoms with Gasteiger partial charge in [-0.25, -0.2) is 0 Å². The van der Waals surface area contributed by atoms with E-state index in [1.165, 1.54) is 6.07 Å². The molecule has 1 fully saturated rings. The number of aromatic hydroxyl groups is 1. The summed E-state index contributed by atoms with van der Waals surface area (Å²) < 4.78 is 2.03. The molecule has 0 bridgehead atoms. The molecule has 0 aromatic carbocycles. The van der Waals surface area contributed by atoms with Crippen LogP contribution >= 0.6 is 0 Å². The number of hydrogen-bond acceptors (Lipinski definition) is 3. The van der Waals surface area contributed by atoms with Gasteiger partial charge in [0.1, 0.15) is 0 Å². The molecule has 0 atom stereocenters. The summed E-state index contributed by atoms with van der Waals surface area (Å²) in [4.78, 5) is 13.6. The van der Waals surface area contributed by atoms with Gasteiger partial charge in [-0.2, -0.15) is 0 Å². The Labute approximate surface area is 95.1 Å². The number of pyridine rings is 1. The zero-order valence-electron chi connectivity index (χ0n) is 9.81. The number of aromatic nitrogens is 1. The first-order chi connectivity index (χ1) is 7.58. The topological polar surface area (TPSA) is 45.5 Å². The molecule has 4 nitrogen and oxygen atoms in total. The Kier molecular flexibility index (Phi) is 3.01. The first-order valence-corrected chi connectivity index (χ1v) is 5.68. The Morgan fingerprint density at radius 2 is 2.00 bits per heavy atom. The van der Waals surface area contributed by atoms with Gasteiger partial charge in [0, 0.05) is 17.8 Å². The van der Waals surface area contributed by atoms with Gasteiger partial charge in [0.25, 0.3) is 0 Å². The zero-order chi connectivity index (χ0) is 11.7. The molecule has 1 aliphatic heterocycles. The normalized spacial score (nSPS) is 18.9. The lowest BCUT2D eigenvalue weighted by Crippen LogP contribution is -2.32. The third kappa shape index (κ3) is 2.11. The quantitative estimate of drug-likeness (QED) is 0.774. The highest BCUT2D eigenvalue weighted by atomic mass is 16.3. The highest BCUT2D eigenvalue weighted by Gasteiger charge is 2.19. The fraction of sp³-hybridized carbons (Fsp3) is 0.583. The van der Waals surface area contributed by atoms with Crippen LogP contribution in [0, 0.1) is 6.92 Å². The molecule has 0 amide bonds. The van der Waals surface area contributed by atoms with Crippen LogP contribution in [0.1, 0.15) is 24.6 Å². The van der Waals surface area contributed by atoms with Gasteiger partial charge in [0.05, 0.1) is 6.20 Å². The van der Waals surface area contributed by atoms with Crippen molar-refractivity contribution >= 4 is 0 Å². The van der Waals surface area contributed by atoms with E-state index >= 15 is 0 Å². The van der Waals surface area contributed by atoms with Gasteiger partial charge < -0.3 is 14.6 Å². The van der Waals surface area contributed by atoms with Crippen molar-refractivity contribution in [3.05, 3.63) is 28.2 Å². The Hall–Kier alpha value is -1.29. The van der Waals surface area contributed by atoms with Crippen molar-refractivity contribution in [2.45, 2.75) is 25.8 Å². The highest BCUT2D eigenvalue weighted by Crippen LogP contribution is 2.23. The van der Waals surface area contributed by atoms with Crippen LogP contribution in [0.25, 0.3) is 0 Å². The fourth-order valence-corrected chi connectivity index (χ4v) is 2.30. The smallest absolute Gasteiger partial charge is 0.223 e. The van der Waals surface area contributed by atoms with E-state index in [2.05, 4.69) is 11.9 Å². The summed E-state index contributed by atoms with van der Waals surface area (Å²) in [5.41, 5.74) is 0.638. The average Bonchev–Trinajstić information content (AvgIpc) is 2.25. The van der Waals surface area contributed by atoms with Gasteiger partial charge in [-0.3, -0.25) is 4.79 Å². The molecular weight excluding hydrogens is 204 g/mol. The number of nitrogens with zero attached hydrogens (tertiary/aromatic N) is 2. The maximum atomic E-state index is 11.3. The van der Waals surface area contributed by atoms with Crippen molar-refractivity contribution in [1.82, 2.24) is 9.47 Å². The van der Waals surface area contributed by atoms with Gasteiger partial charge in [0.15, 0.2) is 5.75 Å². The molecule has 88 valence electrons. The minimum absolute atomic E-state index is 0.149. The predicted octanol–water partition coefficient (Wildman–Crippen LogP) is 1.13. The molecule has 0 saturated carbocycles. The highest BCUT2D eigenvalue weighted by molar-refractivity contribution is 5.20. The van der Waals surface area contributed by atoms with Crippen molar-refractivity contribution < 1.29 is 5.11 Å². The van der Waals surface area contributed by atoms with E-state index in [0.717, 1.165) is 31.6 Å². The molecule has 1 aliphatic rings. The predicted molar refractivity (Wildman–Crippen MR) is 62.9 cm³/mol. The van der Waals surface area contributed by atoms with Gasteiger partial charge in [0.2, 0.25) is 5.43 Å². The second-order valence-corrected chi connectivity index (χ2v) is 4.61. The van der Waals surface area contributed by atoms with Gasteiger partial charge in [-0.1, -0.05) is 0 Å². The maximum Gasteiger partial charge on any atom is 0.223 e. The summed E-state index contributed by atoms with van der Waals surface area (Å²) in [5, 5.41) is 9.46. The van der Waals surface area contributed by atoms with Crippen LogP contribution in [-0.4, -0.2) is 34.7 Å². The Morgan fingerprint density at radius 3 is 2.62 bits per heavy atom. The summed E-state index contributed by atoms with van der Waals surface area (Å²) >= 11 is 0. The van der Waals surface area contributed by atoms with Crippen molar-refractivity contribution in [1.29, 1.82) is 0 Å². The third-order valence-corrected chi connectivity index (χ3v) is 3.34. The lowest BCUT2D eigenvalue weighted by atomic mass is 10.0. The summed E-state index contributed by atoms with van der Waals surface area (Å²) in [5.74, 6) is -0.149. The van der Waals surface area contributed by atoms with Gasteiger partial charge in [-0.15, -0.1) is 0 Å². The second kappa shape index (κ2) is 4.29. The summed E-state index contributed by atoms with van der Waals surface area (Å²) in [6.45, 7) is 4.05. The SMILES string of the molecule is Cc1cc(=O)c(O)cn1C1CCN(C)CC1. The summed E-state index contributed by atoms with van der Waals surface area (Å²) in [7, 11) is 2.12. The summed E-state index contributed by atoms with van der Waals surface area (Å²) in [6, 6.07) is 1.91. The van der Waals surface area contributed by atoms with Crippen molar-refractivity contribution in [3.8, 4) is 5.75 Å². The van der Waals surface area contributed by atoms with E-state index < -0.39 is 0 Å². The molecule has 4 heteroatoms. The van der Waals surface area contributed by atoms with Crippen LogP contribution in [0.5, 0.6) is 5.75 Å². The number of hydrogen-bond donors (Lipinski definition) is 1. The second-order valence-electron chi connectivity index (χ2n) is 4.61. The maximum absolute atomic E-state index is 11.3. The van der Waals surface area contributed by atoms with E-state index in [0.29, 0.717) is 6.04 Å². The van der Waals surface area contributed by atoms with Crippen LogP contribution in [0.2, 0.25) is 0 Å². The molecule has 0 spiro atoms. The van der Waals surface area contributed by atoms with E-state index in [1.54, 1.807) is 6.20 Å². The van der Waals surface area contributed by atoms with Crippen molar-refractivity contribution in [2.75, 3.05) is 20.1 Å². The Morgan fingerprint density at radius 1 is 1.38 bits per heavy atom. The molecule has 16 heavy (non-hydrogen) atoms. The van der Waals surface area contributed by atoms with Crippen LogP contribution in [-0.2, 0) is 0 Å². The Balaban J connectivity index is 2.27. The van der Waals surface area contributed by atoms with E-state index in [4.69, 9.17) is 0 Å². The molecule has 2 rings (SSSR count). The number of rotatable bonds is 1. The number of likely N-dealkylation sites (tertiary alicyclic amines) is 1. The molecule has 0 unspecified atom stereocenters. The lowest BCUT2D eigenvalue weighted by molar-refractivity contribution is 0.218. The molecule has 1 aromatic rings. The van der Waals surface area contributed by atoms with E-state index in [1.807, 2.05) is 11.5 Å². The van der Waals surface area contributed by atoms with Crippen LogP contribution in [0.3, 0.4) is 0 Å². The minimum Gasteiger partial charge on any atom is -0.503 e. The average molecular weight is 222 g/mol. The van der Waals surface area contributed by atoms with Crippen molar-refractivity contribution in [3.63, 3.8) is 0 Å². The molecule has 0 aliphatic carbocycles. The molecule has 2 heterocycles. The van der Waals surface area contributed by atoms with Gasteiger partial charge in [-0.05, 0) is 39.9 Å². The lowest BCUT2D eigenvalue weighted by Gasteiger charge is -2.31. The minimum atomic E-state index is -0.290. The molecule has 0 radical (unpaired) electrons. The molecule has 1 N–H and O–H groups in total. The van der Waals surface area contributed by atoms with Crippen LogP contribution in [0.15, 0.2) is 17.1 Å². The largest absolute Gasteiger partial charge is 0.503 e. The zero-order valence-corrected chi connectivity index (χ0v) is 9.81. The number of piperidine rings is 1. The molecular formula is C12H18N2O2. The molecule has 1 aromatic heterocycles. The fourth-order valence-electron chi connectivity index (χ4n) is 2.30. The monoisotopic (exact) mass is 222 g/mol. The van der Waals surface area contributed by atoms with Gasteiger partial charge >= 0.3 is 0 Å². The van der Waals surface area contributed by atoms with E-state index in [-0.39, 0.29) is 11.2 Å². The third-order valence-electron chi connectivity index (χ3n) is 3.34. The molecule has 1 saturated heterocycles. The summed E-state index contributed by atoms with van der Waals surface area (Å²) in [6.07, 6.45) is 3.72. The Bertz CT molecular complexity index is 431. The van der Waals surface area contributed by atoms with E-state index in [9.17, 15) is 9.90 Å². The first kappa shape index (κ1) is 11.2. The van der Waals surface area contributed by atoms with Crippen LogP contribution in [0.4, 0.5) is 0 Å². The van der Waals surface area contributed by atoms with Crippen LogP contribution < -0.4 is 5.43 Å². The number of aryl methyl sites for hydroxylation is 1. The standard InChI is InChI=1S/C12H18N2O2/c1-9-7-11(15)12(16)8-14(9)10-3-5-13(2)6-4-10/h7-8,10,16H,3-6H2,1-2H3. The van der Waals surface area contributed by atoms with Crippen molar-refractivity contribution in [2.24, 2.45) is 0 Å². The first-order valence-electron chi connectivity index (χ1n) is 5.68.